The maximum Gasteiger partial charge on any atom is 0.284 e. The molecule has 180 valence electrons. The molecule has 0 bridgehead atoms. The van der Waals surface area contributed by atoms with Crippen LogP contribution in [0.3, 0.4) is 0 Å². The van der Waals surface area contributed by atoms with E-state index in [1.807, 2.05) is 5.70 Å². The lowest BCUT2D eigenvalue weighted by Gasteiger charge is -2.30. The minimum Gasteiger partial charge on any atom is -0.461 e. The van der Waals surface area contributed by atoms with Crippen LogP contribution in [0.25, 0.3) is 0 Å². The zero-order valence-corrected chi connectivity index (χ0v) is 32.4. The molecule has 0 aromatic carbocycles. The average Bonchev–Trinajstić information content (AvgIpc) is 2.52. The Bertz CT molecular complexity index is 510. The third kappa shape index (κ3) is 18.0. The van der Waals surface area contributed by atoms with Crippen LogP contribution in [0.5, 0.6) is 0 Å². The van der Waals surface area contributed by atoms with E-state index in [0.717, 1.165) is 0 Å². The molecule has 0 heterocycles. The second-order valence-electron chi connectivity index (χ2n) is 11.4. The van der Waals surface area contributed by atoms with Gasteiger partial charge in [-0.15, -0.1) is 6.58 Å². The molecule has 0 fully saturated rings. The molecule has 0 radical (unpaired) electrons. The van der Waals surface area contributed by atoms with Crippen LogP contribution in [0.1, 0.15) is 0 Å². The summed E-state index contributed by atoms with van der Waals surface area (Å²) in [6, 6.07) is 0. The monoisotopic (exact) mass is 574 g/mol. The Labute approximate surface area is 202 Å². The predicted octanol–water partition coefficient (Wildman–Crippen LogP) is 2.57. The Morgan fingerprint density at radius 2 is 0.933 bits per heavy atom. The van der Waals surface area contributed by atoms with E-state index in [2.05, 4.69) is 78.6 Å². The van der Waals surface area contributed by atoms with Crippen molar-refractivity contribution in [3.05, 3.63) is 12.3 Å². The largest absolute Gasteiger partial charge is 0.461 e. The van der Waals surface area contributed by atoms with Gasteiger partial charge < -0.3 is 20.6 Å². The van der Waals surface area contributed by atoms with Crippen LogP contribution in [-0.2, 0) is 20.6 Å². The van der Waals surface area contributed by atoms with Gasteiger partial charge >= 0.3 is 0 Å². The smallest absolute Gasteiger partial charge is 0.284 e. The van der Waals surface area contributed by atoms with E-state index in [1.165, 1.54) is 17.0 Å². The zero-order chi connectivity index (χ0) is 23.7. The molecule has 0 saturated carbocycles. The molecule has 0 atom stereocenters. The molecule has 0 aliphatic carbocycles. The molecular formula is C16H50O5Si9. The Kier molecular flexibility index (Phi) is 14.1. The van der Waals surface area contributed by atoms with Crippen molar-refractivity contribution in [3.8, 4) is 0 Å². The van der Waals surface area contributed by atoms with Gasteiger partial charge in [0.25, 0.3) is 10.0 Å². The summed E-state index contributed by atoms with van der Waals surface area (Å²) < 4.78 is 31.5. The fraction of sp³-hybridized carbons (Fsp3) is 0.875. The van der Waals surface area contributed by atoms with Gasteiger partial charge in [0.2, 0.25) is 0 Å². The van der Waals surface area contributed by atoms with Crippen LogP contribution < -0.4 is 0 Å². The lowest BCUT2D eigenvalue weighted by molar-refractivity contribution is 0.457. The Morgan fingerprint density at radius 3 is 1.30 bits per heavy atom. The minimum atomic E-state index is -1.69. The van der Waals surface area contributed by atoms with Gasteiger partial charge in [0.1, 0.15) is 29.3 Å². The summed E-state index contributed by atoms with van der Waals surface area (Å²) in [7, 11) is -10.1. The van der Waals surface area contributed by atoms with Gasteiger partial charge in [0, 0.05) is 0 Å². The topological polar surface area (TPSA) is 46.2 Å². The Balaban J connectivity index is 4.17. The molecule has 0 aromatic heterocycles. The lowest BCUT2D eigenvalue weighted by atomic mass is 11.3. The van der Waals surface area contributed by atoms with Gasteiger partial charge in [-0.1, -0.05) is 5.70 Å². The molecule has 0 rings (SSSR count). The molecule has 0 unspecified atom stereocenters. The second-order valence-corrected chi connectivity index (χ2v) is 43.0. The molecule has 0 saturated heterocycles. The summed E-state index contributed by atoms with van der Waals surface area (Å²) in [4.78, 5) is 0. The molecule has 0 N–H and O–H groups in total. The van der Waals surface area contributed by atoms with Crippen LogP contribution >= 0.6 is 0 Å². The molecule has 0 spiro atoms. The van der Waals surface area contributed by atoms with Crippen LogP contribution in [0, 0.1) is 0 Å². The van der Waals surface area contributed by atoms with Crippen molar-refractivity contribution in [2.24, 2.45) is 0 Å². The normalized spacial score (nSPS) is 15.8. The van der Waals surface area contributed by atoms with Gasteiger partial charge in [0.15, 0.2) is 41.6 Å². The highest BCUT2D eigenvalue weighted by atomic mass is 28.4. The van der Waals surface area contributed by atoms with Gasteiger partial charge in [-0.25, -0.2) is 0 Å². The molecule has 0 aliphatic rings. The van der Waals surface area contributed by atoms with E-state index in [4.69, 9.17) is 20.6 Å². The second kappa shape index (κ2) is 13.4. The van der Waals surface area contributed by atoms with Crippen LogP contribution in [0.15, 0.2) is 12.3 Å². The molecule has 0 amide bonds. The van der Waals surface area contributed by atoms with Crippen molar-refractivity contribution in [1.82, 2.24) is 0 Å². The van der Waals surface area contributed by atoms with E-state index in [-0.39, 0.29) is 0 Å². The standard InChI is InChI=1S/C16H50O5Si9/c1-13-27(5,6)20-25-21-30(11,12)16-24-19-29(9,10)15-23-18-28(7,8)14-22-17-26(2,3)4/h13H,1,14-16,22-25H2,2-12H3. The summed E-state index contributed by atoms with van der Waals surface area (Å²) >= 11 is 0. The van der Waals surface area contributed by atoms with Crippen molar-refractivity contribution in [2.75, 3.05) is 0 Å². The Hall–Kier alpha value is 1.49. The molecule has 0 aromatic rings. The third-order valence-corrected chi connectivity index (χ3v) is 42.1. The van der Waals surface area contributed by atoms with Crippen molar-refractivity contribution >= 4 is 80.9 Å². The number of hydrogen-bond acceptors (Lipinski definition) is 5. The Morgan fingerprint density at radius 1 is 0.567 bits per heavy atom. The fourth-order valence-corrected chi connectivity index (χ4v) is 28.5. The minimum absolute atomic E-state index is 0.418. The zero-order valence-electron chi connectivity index (χ0n) is 21.8. The first kappa shape index (κ1) is 31.5. The average molecular weight is 575 g/mol. The highest BCUT2D eigenvalue weighted by Crippen LogP contribution is 2.17. The SMILES string of the molecule is C=C[Si](C)(C)O[SiH2]O[Si](C)(C)C[SiH2]O[Si](C)(C)C[SiH2]O[Si](C)(C)C[SiH2]O[Si](C)(C)C. The van der Waals surface area contributed by atoms with Crippen molar-refractivity contribution in [2.45, 2.75) is 89.0 Å². The van der Waals surface area contributed by atoms with Gasteiger partial charge in [-0.2, -0.15) is 0 Å². The van der Waals surface area contributed by atoms with Crippen molar-refractivity contribution in [3.63, 3.8) is 0 Å². The number of hydrogen-bond donors (Lipinski definition) is 0. The summed E-state index contributed by atoms with van der Waals surface area (Å²) in [5, 5.41) is 0. The van der Waals surface area contributed by atoms with E-state index in [1.54, 1.807) is 0 Å². The summed E-state index contributed by atoms with van der Waals surface area (Å²) in [5.74, 6) is 0. The fourth-order valence-electron chi connectivity index (χ4n) is 2.37. The highest BCUT2D eigenvalue weighted by Gasteiger charge is 2.29. The first-order valence-electron chi connectivity index (χ1n) is 11.2. The van der Waals surface area contributed by atoms with Crippen LogP contribution in [0.4, 0.5) is 0 Å². The summed E-state index contributed by atoms with van der Waals surface area (Å²) in [6.07, 6.45) is 0. The van der Waals surface area contributed by atoms with Crippen LogP contribution in [0.2, 0.25) is 89.0 Å². The highest BCUT2D eigenvalue weighted by molar-refractivity contribution is 6.88. The predicted molar refractivity (Wildman–Crippen MR) is 157 cm³/mol. The van der Waals surface area contributed by atoms with E-state index in [0.29, 0.717) is 0 Å². The molecule has 30 heavy (non-hydrogen) atoms. The third-order valence-electron chi connectivity index (χ3n) is 5.01. The van der Waals surface area contributed by atoms with Crippen molar-refractivity contribution in [1.29, 1.82) is 0 Å². The van der Waals surface area contributed by atoms with Crippen LogP contribution in [-0.4, -0.2) is 80.9 Å². The molecule has 14 heteroatoms. The van der Waals surface area contributed by atoms with E-state index < -0.39 is 80.9 Å². The summed E-state index contributed by atoms with van der Waals surface area (Å²) in [5.41, 5.74) is 5.64. The maximum atomic E-state index is 6.53. The van der Waals surface area contributed by atoms with Gasteiger partial charge in [-0.3, -0.25) is 0 Å². The van der Waals surface area contributed by atoms with E-state index in [9.17, 15) is 0 Å². The first-order chi connectivity index (χ1) is 13.4. The molecule has 0 aliphatic heterocycles. The summed E-state index contributed by atoms with van der Waals surface area (Å²) in [6.45, 7) is 29.2. The number of rotatable bonds is 17. The van der Waals surface area contributed by atoms with Crippen molar-refractivity contribution < 1.29 is 20.6 Å². The molecule has 5 nitrogen and oxygen atoms in total. The maximum absolute atomic E-state index is 6.53. The first-order valence-corrected chi connectivity index (χ1v) is 32.8. The quantitative estimate of drug-likeness (QED) is 0.250. The van der Waals surface area contributed by atoms with Gasteiger partial charge in [0.05, 0.1) is 0 Å². The van der Waals surface area contributed by atoms with E-state index >= 15 is 0 Å². The molecular weight excluding hydrogens is 525 g/mol. The lowest BCUT2D eigenvalue weighted by Crippen LogP contribution is -2.42. The van der Waals surface area contributed by atoms with Gasteiger partial charge in [-0.05, 0) is 89.0 Å².